The Hall–Kier alpha value is -0.430. The van der Waals surface area contributed by atoms with E-state index >= 15 is 0 Å². The molecule has 0 saturated heterocycles. The number of hydrogen-bond acceptors (Lipinski definition) is 5. The van der Waals surface area contributed by atoms with Crippen molar-refractivity contribution in [3.63, 3.8) is 0 Å². The quantitative estimate of drug-likeness (QED) is 0.924. The first-order chi connectivity index (χ1) is 6.68. The number of aromatic nitrogens is 2. The van der Waals surface area contributed by atoms with Crippen LogP contribution in [0.3, 0.4) is 0 Å². The van der Waals surface area contributed by atoms with Crippen LogP contribution < -0.4 is 5.73 Å². The minimum absolute atomic E-state index is 0.387. The van der Waals surface area contributed by atoms with Crippen molar-refractivity contribution in [3.05, 3.63) is 32.0 Å². The molecule has 2 aromatic rings. The van der Waals surface area contributed by atoms with Gasteiger partial charge in [-0.1, -0.05) is 16.8 Å². The number of hydrogen-bond donors (Lipinski definition) is 1. The second-order valence-electron chi connectivity index (χ2n) is 2.54. The zero-order valence-electron chi connectivity index (χ0n) is 6.78. The van der Waals surface area contributed by atoms with E-state index in [9.17, 15) is 0 Å². The van der Waals surface area contributed by atoms with Crippen LogP contribution in [0.1, 0.15) is 16.7 Å². The van der Waals surface area contributed by atoms with Crippen molar-refractivity contribution in [2.75, 3.05) is 0 Å². The number of halogens is 2. The highest BCUT2D eigenvalue weighted by atomic mass is 79.9. The zero-order chi connectivity index (χ0) is 10.1. The lowest BCUT2D eigenvalue weighted by atomic mass is 10.2. The fourth-order valence-electron chi connectivity index (χ4n) is 0.960. The van der Waals surface area contributed by atoms with E-state index in [0.29, 0.717) is 10.2 Å². The molecule has 7 heteroatoms. The second kappa shape index (κ2) is 3.98. The van der Waals surface area contributed by atoms with E-state index in [1.165, 1.54) is 17.7 Å². The molecule has 2 heterocycles. The van der Waals surface area contributed by atoms with Crippen LogP contribution >= 0.6 is 38.9 Å². The fraction of sp³-hybridized carbons (Fsp3) is 0.143. The van der Waals surface area contributed by atoms with Crippen molar-refractivity contribution in [1.29, 1.82) is 0 Å². The summed E-state index contributed by atoms with van der Waals surface area (Å²) in [5.74, 6) is 0.454. The SMILES string of the molecule is NC(c1ncon1)c1cc(Br)c(Cl)s1. The first kappa shape index (κ1) is 10.1. The molecule has 4 nitrogen and oxygen atoms in total. The van der Waals surface area contributed by atoms with E-state index in [2.05, 4.69) is 30.6 Å². The smallest absolute Gasteiger partial charge is 0.213 e. The monoisotopic (exact) mass is 293 g/mol. The Kier molecular flexibility index (Phi) is 2.87. The molecule has 2 rings (SSSR count). The molecule has 2 N–H and O–H groups in total. The molecule has 74 valence electrons. The van der Waals surface area contributed by atoms with Crippen LogP contribution in [0, 0.1) is 0 Å². The van der Waals surface area contributed by atoms with Gasteiger partial charge in [0, 0.05) is 9.35 Å². The minimum atomic E-state index is -0.387. The number of nitrogens with zero attached hydrogens (tertiary/aromatic N) is 2. The molecule has 0 aliphatic carbocycles. The molecule has 14 heavy (non-hydrogen) atoms. The molecule has 0 bridgehead atoms. The number of nitrogens with two attached hydrogens (primary N) is 1. The molecular formula is C7H5BrClN3OS. The van der Waals surface area contributed by atoms with Crippen molar-refractivity contribution >= 4 is 38.9 Å². The average molecular weight is 295 g/mol. The molecule has 1 unspecified atom stereocenters. The third-order valence-corrected chi connectivity index (χ3v) is 4.19. The Balaban J connectivity index is 2.32. The standard InChI is InChI=1S/C7H5BrClN3OS/c8-3-1-4(14-6(3)9)5(10)7-11-2-13-12-7/h1-2,5H,10H2. The highest BCUT2D eigenvalue weighted by molar-refractivity contribution is 9.10. The molecular weight excluding hydrogens is 290 g/mol. The summed E-state index contributed by atoms with van der Waals surface area (Å²) in [6, 6.07) is 1.47. The summed E-state index contributed by atoms with van der Waals surface area (Å²) in [6.07, 6.45) is 1.25. The fourth-order valence-corrected chi connectivity index (χ4v) is 2.69. The summed E-state index contributed by atoms with van der Waals surface area (Å²) >= 11 is 10.6. The topological polar surface area (TPSA) is 64.9 Å². The normalized spacial score (nSPS) is 13.1. The number of rotatable bonds is 2. The molecule has 0 fully saturated rings. The van der Waals surface area contributed by atoms with Crippen LogP contribution in [0.5, 0.6) is 0 Å². The van der Waals surface area contributed by atoms with Gasteiger partial charge in [-0.05, 0) is 22.0 Å². The predicted molar refractivity (Wildman–Crippen MR) is 57.4 cm³/mol. The van der Waals surface area contributed by atoms with E-state index in [4.69, 9.17) is 17.3 Å². The molecule has 1 atom stereocenters. The van der Waals surface area contributed by atoms with Gasteiger partial charge in [0.25, 0.3) is 0 Å². The van der Waals surface area contributed by atoms with Crippen LogP contribution in [0.4, 0.5) is 0 Å². The van der Waals surface area contributed by atoms with Crippen LogP contribution in [-0.2, 0) is 0 Å². The first-order valence-corrected chi connectivity index (χ1v) is 5.64. The Labute approximate surface area is 97.2 Å². The van der Waals surface area contributed by atoms with E-state index in [1.54, 1.807) is 0 Å². The van der Waals surface area contributed by atoms with Crippen LogP contribution in [0.2, 0.25) is 4.34 Å². The highest BCUT2D eigenvalue weighted by Gasteiger charge is 2.17. The van der Waals surface area contributed by atoms with Gasteiger partial charge in [-0.3, -0.25) is 0 Å². The molecule has 0 spiro atoms. The van der Waals surface area contributed by atoms with Gasteiger partial charge in [0.1, 0.15) is 10.4 Å². The highest BCUT2D eigenvalue weighted by Crippen LogP contribution is 2.35. The number of thiophene rings is 1. The van der Waals surface area contributed by atoms with E-state index < -0.39 is 0 Å². The summed E-state index contributed by atoms with van der Waals surface area (Å²) in [5.41, 5.74) is 5.89. The van der Waals surface area contributed by atoms with E-state index in [1.807, 2.05) is 6.07 Å². The minimum Gasteiger partial charge on any atom is -0.343 e. The van der Waals surface area contributed by atoms with Gasteiger partial charge in [0.15, 0.2) is 5.82 Å². The maximum absolute atomic E-state index is 5.89. The van der Waals surface area contributed by atoms with Gasteiger partial charge in [0.05, 0.1) is 0 Å². The summed E-state index contributed by atoms with van der Waals surface area (Å²) in [7, 11) is 0. The summed E-state index contributed by atoms with van der Waals surface area (Å²) in [6.45, 7) is 0. The van der Waals surface area contributed by atoms with Crippen molar-refractivity contribution in [3.8, 4) is 0 Å². The van der Waals surface area contributed by atoms with Gasteiger partial charge in [0.2, 0.25) is 6.39 Å². The Morgan fingerprint density at radius 1 is 1.64 bits per heavy atom. The largest absolute Gasteiger partial charge is 0.343 e. The lowest BCUT2D eigenvalue weighted by Gasteiger charge is -2.01. The maximum Gasteiger partial charge on any atom is 0.213 e. The zero-order valence-corrected chi connectivity index (χ0v) is 9.93. The van der Waals surface area contributed by atoms with Gasteiger partial charge in [-0.25, -0.2) is 0 Å². The Morgan fingerprint density at radius 3 is 2.93 bits per heavy atom. The molecule has 0 aliphatic heterocycles. The molecule has 0 radical (unpaired) electrons. The lowest BCUT2D eigenvalue weighted by molar-refractivity contribution is 0.407. The molecule has 0 amide bonds. The first-order valence-electron chi connectivity index (χ1n) is 3.65. The van der Waals surface area contributed by atoms with Crippen LogP contribution in [0.15, 0.2) is 21.5 Å². The van der Waals surface area contributed by atoms with Gasteiger partial charge < -0.3 is 10.3 Å². The molecule has 0 aliphatic rings. The van der Waals surface area contributed by atoms with E-state index in [-0.39, 0.29) is 6.04 Å². The Morgan fingerprint density at radius 2 is 2.43 bits per heavy atom. The third-order valence-electron chi connectivity index (χ3n) is 1.63. The lowest BCUT2D eigenvalue weighted by Crippen LogP contribution is -2.11. The van der Waals surface area contributed by atoms with Gasteiger partial charge in [-0.15, -0.1) is 11.3 Å². The van der Waals surface area contributed by atoms with Gasteiger partial charge in [-0.2, -0.15) is 4.98 Å². The van der Waals surface area contributed by atoms with Crippen molar-refractivity contribution in [2.45, 2.75) is 6.04 Å². The molecule has 2 aromatic heterocycles. The average Bonchev–Trinajstić information content (AvgIpc) is 2.76. The summed E-state index contributed by atoms with van der Waals surface area (Å²) < 4.78 is 6.11. The Bertz CT molecular complexity index is 411. The van der Waals surface area contributed by atoms with Crippen LogP contribution in [0.25, 0.3) is 0 Å². The summed E-state index contributed by atoms with van der Waals surface area (Å²) in [4.78, 5) is 4.77. The van der Waals surface area contributed by atoms with Crippen LogP contribution in [-0.4, -0.2) is 10.1 Å². The third kappa shape index (κ3) is 1.83. The van der Waals surface area contributed by atoms with Crippen molar-refractivity contribution in [2.24, 2.45) is 5.73 Å². The van der Waals surface area contributed by atoms with Gasteiger partial charge >= 0.3 is 0 Å². The molecule has 0 aromatic carbocycles. The molecule has 0 saturated carbocycles. The maximum atomic E-state index is 5.89. The van der Waals surface area contributed by atoms with Crippen molar-refractivity contribution < 1.29 is 4.52 Å². The summed E-state index contributed by atoms with van der Waals surface area (Å²) in [5, 5.41) is 3.67. The van der Waals surface area contributed by atoms with E-state index in [0.717, 1.165) is 9.35 Å². The second-order valence-corrected chi connectivity index (χ2v) is 5.08. The van der Waals surface area contributed by atoms with Crippen molar-refractivity contribution in [1.82, 2.24) is 10.1 Å². The predicted octanol–water partition coefficient (Wildman–Crippen LogP) is 2.60.